The minimum atomic E-state index is -0.0567. The van der Waals surface area contributed by atoms with Gasteiger partial charge in [0.25, 0.3) is 0 Å². The molecular weight excluding hydrogens is 254 g/mol. The molecule has 0 bridgehead atoms. The Labute approximate surface area is 118 Å². The Bertz CT molecular complexity index is 595. The number of fused-ring (bicyclic) bond motifs is 1. The van der Waals surface area contributed by atoms with Crippen LogP contribution in [0.5, 0.6) is 0 Å². The molecule has 2 rings (SSSR count). The van der Waals surface area contributed by atoms with Gasteiger partial charge in [-0.25, -0.2) is 0 Å². The molecular formula is C15H21N3O2. The first-order chi connectivity index (χ1) is 9.81. The van der Waals surface area contributed by atoms with Crippen molar-refractivity contribution in [3.8, 4) is 0 Å². The van der Waals surface area contributed by atoms with Crippen molar-refractivity contribution in [2.75, 3.05) is 33.4 Å². The maximum absolute atomic E-state index is 11.6. The molecule has 0 saturated heterocycles. The maximum Gasteiger partial charge on any atom is 0.248 e. The molecule has 0 aliphatic rings. The van der Waals surface area contributed by atoms with E-state index in [-0.39, 0.29) is 5.56 Å². The van der Waals surface area contributed by atoms with Crippen LogP contribution in [0.15, 0.2) is 35.1 Å². The van der Waals surface area contributed by atoms with Gasteiger partial charge in [-0.15, -0.1) is 0 Å². The molecule has 1 aromatic heterocycles. The van der Waals surface area contributed by atoms with Gasteiger partial charge in [0.1, 0.15) is 0 Å². The second kappa shape index (κ2) is 7.79. The first-order valence-electron chi connectivity index (χ1n) is 6.82. The lowest BCUT2D eigenvalue weighted by atomic mass is 10.1. The molecule has 0 atom stereocenters. The molecule has 0 radical (unpaired) electrons. The number of rotatable bonds is 8. The molecule has 0 fully saturated rings. The number of benzene rings is 1. The van der Waals surface area contributed by atoms with Gasteiger partial charge in [-0.2, -0.15) is 0 Å². The van der Waals surface area contributed by atoms with Crippen LogP contribution >= 0.6 is 0 Å². The summed E-state index contributed by atoms with van der Waals surface area (Å²) in [5.74, 6) is 0. The second-order valence-electron chi connectivity index (χ2n) is 4.62. The summed E-state index contributed by atoms with van der Waals surface area (Å²) in [6, 6.07) is 9.52. The number of aromatic nitrogens is 1. The van der Waals surface area contributed by atoms with Crippen LogP contribution in [0.25, 0.3) is 10.9 Å². The van der Waals surface area contributed by atoms with Crippen LogP contribution in [0.2, 0.25) is 0 Å². The van der Waals surface area contributed by atoms with E-state index in [1.54, 1.807) is 13.2 Å². The summed E-state index contributed by atoms with van der Waals surface area (Å²) < 4.78 is 4.96. The minimum Gasteiger partial charge on any atom is -0.383 e. The van der Waals surface area contributed by atoms with Crippen molar-refractivity contribution in [3.05, 3.63) is 46.2 Å². The lowest BCUT2D eigenvalue weighted by molar-refractivity contribution is 0.199. The predicted molar refractivity (Wildman–Crippen MR) is 81.0 cm³/mol. The summed E-state index contributed by atoms with van der Waals surface area (Å²) in [4.78, 5) is 14.4. The zero-order valence-corrected chi connectivity index (χ0v) is 11.7. The molecule has 0 aliphatic carbocycles. The third kappa shape index (κ3) is 4.16. The van der Waals surface area contributed by atoms with E-state index in [1.807, 2.05) is 24.3 Å². The molecule has 3 N–H and O–H groups in total. The van der Waals surface area contributed by atoms with Crippen LogP contribution in [0, 0.1) is 0 Å². The van der Waals surface area contributed by atoms with Crippen molar-refractivity contribution in [2.45, 2.75) is 6.54 Å². The molecule has 0 aliphatic heterocycles. The zero-order valence-electron chi connectivity index (χ0n) is 11.7. The van der Waals surface area contributed by atoms with Crippen LogP contribution in [0.1, 0.15) is 5.56 Å². The van der Waals surface area contributed by atoms with Gasteiger partial charge in [-0.3, -0.25) is 4.79 Å². The van der Waals surface area contributed by atoms with Gasteiger partial charge < -0.3 is 20.4 Å². The number of ether oxygens (including phenoxy) is 1. The van der Waals surface area contributed by atoms with Gasteiger partial charge in [-0.05, 0) is 11.6 Å². The smallest absolute Gasteiger partial charge is 0.248 e. The predicted octanol–water partition coefficient (Wildman–Crippen LogP) is 0.854. The van der Waals surface area contributed by atoms with Crippen LogP contribution in [0.4, 0.5) is 0 Å². The Hall–Kier alpha value is -1.69. The van der Waals surface area contributed by atoms with E-state index in [9.17, 15) is 4.79 Å². The van der Waals surface area contributed by atoms with Gasteiger partial charge >= 0.3 is 0 Å². The number of pyridine rings is 1. The van der Waals surface area contributed by atoms with Gasteiger partial charge in [0, 0.05) is 50.3 Å². The first kappa shape index (κ1) is 14.7. The van der Waals surface area contributed by atoms with E-state index in [0.717, 1.165) is 42.7 Å². The third-order valence-electron chi connectivity index (χ3n) is 3.11. The fourth-order valence-electron chi connectivity index (χ4n) is 2.12. The number of methoxy groups -OCH3 is 1. The number of aromatic amines is 1. The summed E-state index contributed by atoms with van der Waals surface area (Å²) in [6.07, 6.45) is 0. The largest absolute Gasteiger partial charge is 0.383 e. The van der Waals surface area contributed by atoms with Crippen LogP contribution < -0.4 is 16.2 Å². The average molecular weight is 275 g/mol. The van der Waals surface area contributed by atoms with Crippen molar-refractivity contribution in [1.29, 1.82) is 0 Å². The topological polar surface area (TPSA) is 66.2 Å². The summed E-state index contributed by atoms with van der Waals surface area (Å²) in [7, 11) is 1.69. The van der Waals surface area contributed by atoms with E-state index in [4.69, 9.17) is 4.74 Å². The molecule has 0 unspecified atom stereocenters. The standard InChI is InChI=1S/C15H21N3O2/c1-20-9-8-16-6-7-17-11-12-10-15(19)18-14-5-3-2-4-13(12)14/h2-5,10,16-17H,6-9,11H2,1H3,(H,18,19). The molecule has 0 amide bonds. The van der Waals surface area contributed by atoms with Crippen LogP contribution in [-0.2, 0) is 11.3 Å². The fourth-order valence-corrected chi connectivity index (χ4v) is 2.12. The molecule has 2 aromatic rings. The van der Waals surface area contributed by atoms with Gasteiger partial charge in [0.05, 0.1) is 6.61 Å². The summed E-state index contributed by atoms with van der Waals surface area (Å²) in [5.41, 5.74) is 1.86. The van der Waals surface area contributed by atoms with Crippen LogP contribution in [-0.4, -0.2) is 38.3 Å². The van der Waals surface area contributed by atoms with Crippen molar-refractivity contribution >= 4 is 10.9 Å². The molecule has 0 spiro atoms. The second-order valence-corrected chi connectivity index (χ2v) is 4.62. The number of H-pyrrole nitrogens is 1. The number of hydrogen-bond acceptors (Lipinski definition) is 4. The van der Waals surface area contributed by atoms with Crippen molar-refractivity contribution < 1.29 is 4.74 Å². The summed E-state index contributed by atoms with van der Waals surface area (Å²) >= 11 is 0. The molecule has 5 nitrogen and oxygen atoms in total. The van der Waals surface area contributed by atoms with E-state index >= 15 is 0 Å². The lowest BCUT2D eigenvalue weighted by Crippen LogP contribution is -2.29. The van der Waals surface area contributed by atoms with Crippen molar-refractivity contribution in [1.82, 2.24) is 15.6 Å². The van der Waals surface area contributed by atoms with Crippen molar-refractivity contribution in [3.63, 3.8) is 0 Å². The quantitative estimate of drug-likeness (QED) is 0.625. The third-order valence-corrected chi connectivity index (χ3v) is 3.11. The molecule has 20 heavy (non-hydrogen) atoms. The van der Waals surface area contributed by atoms with Gasteiger partial charge in [0.15, 0.2) is 0 Å². The van der Waals surface area contributed by atoms with Crippen LogP contribution in [0.3, 0.4) is 0 Å². The highest BCUT2D eigenvalue weighted by atomic mass is 16.5. The number of para-hydroxylation sites is 1. The zero-order chi connectivity index (χ0) is 14.2. The Morgan fingerprint density at radius 3 is 2.80 bits per heavy atom. The van der Waals surface area contributed by atoms with E-state index in [2.05, 4.69) is 15.6 Å². The summed E-state index contributed by atoms with van der Waals surface area (Å²) in [6.45, 7) is 4.00. The number of nitrogens with one attached hydrogen (secondary N) is 3. The molecule has 1 aromatic carbocycles. The average Bonchev–Trinajstić information content (AvgIpc) is 2.46. The highest BCUT2D eigenvalue weighted by Crippen LogP contribution is 2.13. The Morgan fingerprint density at radius 2 is 1.95 bits per heavy atom. The Morgan fingerprint density at radius 1 is 1.15 bits per heavy atom. The molecule has 1 heterocycles. The highest BCUT2D eigenvalue weighted by molar-refractivity contribution is 5.81. The monoisotopic (exact) mass is 275 g/mol. The van der Waals surface area contributed by atoms with E-state index < -0.39 is 0 Å². The molecule has 0 saturated carbocycles. The fraction of sp³-hybridized carbons (Fsp3) is 0.400. The SMILES string of the molecule is COCCNCCNCc1cc(=O)[nH]c2ccccc12. The van der Waals surface area contributed by atoms with Gasteiger partial charge in [-0.1, -0.05) is 18.2 Å². The normalized spacial score (nSPS) is 11.1. The lowest BCUT2D eigenvalue weighted by Gasteiger charge is -2.08. The molecule has 5 heteroatoms. The molecule has 108 valence electrons. The van der Waals surface area contributed by atoms with Crippen molar-refractivity contribution in [2.24, 2.45) is 0 Å². The maximum atomic E-state index is 11.6. The first-order valence-corrected chi connectivity index (χ1v) is 6.82. The van der Waals surface area contributed by atoms with E-state index in [1.165, 1.54) is 0 Å². The Balaban J connectivity index is 1.88. The van der Waals surface area contributed by atoms with E-state index in [0.29, 0.717) is 6.54 Å². The Kier molecular flexibility index (Phi) is 5.73. The summed E-state index contributed by atoms with van der Waals surface area (Å²) in [5, 5.41) is 7.70. The highest BCUT2D eigenvalue weighted by Gasteiger charge is 2.02. The van der Waals surface area contributed by atoms with Gasteiger partial charge in [0.2, 0.25) is 5.56 Å². The minimum absolute atomic E-state index is 0.0567. The number of hydrogen-bond donors (Lipinski definition) is 3.